The number of nitrogens with zero attached hydrogens (tertiary/aromatic N) is 4. The SMILES string of the molecule is Cc1cc(NN)nc(CSc2nc(C)ns2)n1. The van der Waals surface area contributed by atoms with E-state index in [4.69, 9.17) is 5.84 Å². The predicted octanol–water partition coefficient (Wildman–Crippen LogP) is 1.52. The molecule has 2 heterocycles. The van der Waals surface area contributed by atoms with E-state index in [0.717, 1.165) is 21.7 Å². The molecule has 0 radical (unpaired) electrons. The zero-order valence-corrected chi connectivity index (χ0v) is 11.1. The van der Waals surface area contributed by atoms with Gasteiger partial charge in [-0.2, -0.15) is 4.37 Å². The lowest BCUT2D eigenvalue weighted by Crippen LogP contribution is -2.10. The molecule has 0 aliphatic heterocycles. The van der Waals surface area contributed by atoms with Crippen LogP contribution in [0.25, 0.3) is 0 Å². The van der Waals surface area contributed by atoms with Crippen LogP contribution in [-0.2, 0) is 5.75 Å². The Morgan fingerprint density at radius 3 is 2.82 bits per heavy atom. The number of nitrogens with one attached hydrogen (secondary N) is 1. The van der Waals surface area contributed by atoms with Crippen molar-refractivity contribution in [1.29, 1.82) is 0 Å². The molecule has 0 bridgehead atoms. The van der Waals surface area contributed by atoms with Crippen molar-refractivity contribution in [3.05, 3.63) is 23.4 Å². The number of hydrogen-bond donors (Lipinski definition) is 2. The van der Waals surface area contributed by atoms with Gasteiger partial charge < -0.3 is 5.43 Å². The fourth-order valence-electron chi connectivity index (χ4n) is 1.23. The quantitative estimate of drug-likeness (QED) is 0.493. The van der Waals surface area contributed by atoms with Crippen LogP contribution in [0.2, 0.25) is 0 Å². The van der Waals surface area contributed by atoms with Crippen LogP contribution in [0.15, 0.2) is 10.4 Å². The van der Waals surface area contributed by atoms with Gasteiger partial charge in [-0.15, -0.1) is 0 Å². The van der Waals surface area contributed by atoms with Crippen molar-refractivity contribution in [2.24, 2.45) is 5.84 Å². The molecule has 17 heavy (non-hydrogen) atoms. The Labute approximate surface area is 107 Å². The first-order valence-corrected chi connectivity index (χ1v) is 6.67. The second kappa shape index (κ2) is 5.39. The molecule has 0 aliphatic carbocycles. The largest absolute Gasteiger partial charge is 0.308 e. The van der Waals surface area contributed by atoms with Crippen LogP contribution in [-0.4, -0.2) is 19.3 Å². The standard InChI is InChI=1S/C9H12N6S2/c1-5-3-7(14-10)13-8(11-5)4-16-9-12-6(2)15-17-9/h3H,4,10H2,1-2H3,(H,11,13,14). The molecule has 0 aliphatic rings. The van der Waals surface area contributed by atoms with Gasteiger partial charge in [0, 0.05) is 11.8 Å². The highest BCUT2D eigenvalue weighted by molar-refractivity contribution is 8.00. The second-order valence-corrected chi connectivity index (χ2v) is 5.33. The van der Waals surface area contributed by atoms with Gasteiger partial charge >= 0.3 is 0 Å². The van der Waals surface area contributed by atoms with Crippen molar-refractivity contribution in [2.45, 2.75) is 23.9 Å². The Hall–Kier alpha value is -1.25. The molecule has 0 aromatic carbocycles. The minimum atomic E-state index is 0.626. The molecular weight excluding hydrogens is 256 g/mol. The lowest BCUT2D eigenvalue weighted by molar-refractivity contribution is 0.989. The zero-order chi connectivity index (χ0) is 12.3. The number of anilines is 1. The maximum atomic E-state index is 5.33. The Balaban J connectivity index is 2.05. The van der Waals surface area contributed by atoms with Gasteiger partial charge in [0.15, 0.2) is 4.34 Å². The highest BCUT2D eigenvalue weighted by Gasteiger charge is 2.05. The molecule has 6 nitrogen and oxygen atoms in total. The summed E-state index contributed by atoms with van der Waals surface area (Å²) in [5.41, 5.74) is 3.41. The van der Waals surface area contributed by atoms with Crippen LogP contribution >= 0.6 is 23.3 Å². The average Bonchev–Trinajstić information content (AvgIpc) is 2.72. The second-order valence-electron chi connectivity index (χ2n) is 3.35. The minimum Gasteiger partial charge on any atom is -0.308 e. The zero-order valence-electron chi connectivity index (χ0n) is 9.47. The first kappa shape index (κ1) is 12.2. The average molecular weight is 268 g/mol. The first-order chi connectivity index (χ1) is 8.17. The van der Waals surface area contributed by atoms with E-state index in [0.29, 0.717) is 11.6 Å². The number of nitrogens with two attached hydrogens (primary N) is 1. The molecule has 0 saturated heterocycles. The summed E-state index contributed by atoms with van der Waals surface area (Å²) >= 11 is 2.96. The summed E-state index contributed by atoms with van der Waals surface area (Å²) < 4.78 is 5.04. The fraction of sp³-hybridized carbons (Fsp3) is 0.333. The Morgan fingerprint density at radius 2 is 2.18 bits per heavy atom. The summed E-state index contributed by atoms with van der Waals surface area (Å²) in [6, 6.07) is 1.79. The fourth-order valence-corrected chi connectivity index (χ4v) is 2.73. The van der Waals surface area contributed by atoms with Crippen molar-refractivity contribution < 1.29 is 0 Å². The monoisotopic (exact) mass is 268 g/mol. The van der Waals surface area contributed by atoms with Crippen molar-refractivity contribution in [1.82, 2.24) is 19.3 Å². The van der Waals surface area contributed by atoms with Crippen LogP contribution in [0, 0.1) is 13.8 Å². The maximum Gasteiger partial charge on any atom is 0.170 e. The molecule has 2 aromatic heterocycles. The van der Waals surface area contributed by atoms with E-state index in [1.54, 1.807) is 17.8 Å². The molecular formula is C9H12N6S2. The van der Waals surface area contributed by atoms with Gasteiger partial charge in [-0.1, -0.05) is 11.8 Å². The molecule has 2 aromatic rings. The topological polar surface area (TPSA) is 89.6 Å². The molecule has 3 N–H and O–H groups in total. The Kier molecular flexibility index (Phi) is 3.87. The van der Waals surface area contributed by atoms with E-state index in [2.05, 4.69) is 24.8 Å². The molecule has 0 atom stereocenters. The van der Waals surface area contributed by atoms with Gasteiger partial charge in [-0.05, 0) is 25.4 Å². The normalized spacial score (nSPS) is 10.5. The third-order valence-electron chi connectivity index (χ3n) is 1.88. The summed E-state index contributed by atoms with van der Waals surface area (Å²) in [5, 5.41) is 0. The highest BCUT2D eigenvalue weighted by atomic mass is 32.2. The number of aryl methyl sites for hydroxylation is 2. The molecule has 0 spiro atoms. The van der Waals surface area contributed by atoms with Crippen molar-refractivity contribution in [3.63, 3.8) is 0 Å². The number of hydrogen-bond acceptors (Lipinski definition) is 8. The van der Waals surface area contributed by atoms with Crippen LogP contribution in [0.5, 0.6) is 0 Å². The predicted molar refractivity (Wildman–Crippen MR) is 68.8 cm³/mol. The van der Waals surface area contributed by atoms with Crippen LogP contribution in [0.3, 0.4) is 0 Å². The van der Waals surface area contributed by atoms with Crippen molar-refractivity contribution in [2.75, 3.05) is 5.43 Å². The van der Waals surface area contributed by atoms with Gasteiger partial charge in [-0.25, -0.2) is 20.8 Å². The van der Waals surface area contributed by atoms with Gasteiger partial charge in [0.2, 0.25) is 0 Å². The molecule has 0 fully saturated rings. The van der Waals surface area contributed by atoms with Gasteiger partial charge in [0.1, 0.15) is 17.5 Å². The summed E-state index contributed by atoms with van der Waals surface area (Å²) in [5.74, 6) is 8.15. The van der Waals surface area contributed by atoms with E-state index < -0.39 is 0 Å². The summed E-state index contributed by atoms with van der Waals surface area (Å²) in [6.45, 7) is 3.78. The van der Waals surface area contributed by atoms with E-state index in [9.17, 15) is 0 Å². The Morgan fingerprint density at radius 1 is 1.35 bits per heavy atom. The molecule has 8 heteroatoms. The molecule has 0 saturated carbocycles. The Bertz CT molecular complexity index is 512. The maximum absolute atomic E-state index is 5.33. The summed E-state index contributed by atoms with van der Waals surface area (Å²) in [7, 11) is 0. The minimum absolute atomic E-state index is 0.626. The van der Waals surface area contributed by atoms with E-state index in [1.807, 2.05) is 13.8 Å². The number of nitrogen functional groups attached to an aromatic ring is 1. The summed E-state index contributed by atoms with van der Waals surface area (Å²) in [4.78, 5) is 12.9. The first-order valence-electron chi connectivity index (χ1n) is 4.91. The van der Waals surface area contributed by atoms with E-state index >= 15 is 0 Å². The van der Waals surface area contributed by atoms with Crippen molar-refractivity contribution >= 4 is 29.1 Å². The molecule has 0 unspecified atom stereocenters. The van der Waals surface area contributed by atoms with Gasteiger partial charge in [0.05, 0.1) is 5.75 Å². The molecule has 90 valence electrons. The van der Waals surface area contributed by atoms with Gasteiger partial charge in [-0.3, -0.25) is 0 Å². The van der Waals surface area contributed by atoms with Crippen LogP contribution in [0.1, 0.15) is 17.3 Å². The molecule has 2 rings (SSSR count). The van der Waals surface area contributed by atoms with E-state index in [-0.39, 0.29) is 0 Å². The van der Waals surface area contributed by atoms with Crippen LogP contribution in [0.4, 0.5) is 5.82 Å². The van der Waals surface area contributed by atoms with Crippen LogP contribution < -0.4 is 11.3 Å². The summed E-state index contributed by atoms with van der Waals surface area (Å²) in [6.07, 6.45) is 0. The number of thioether (sulfide) groups is 1. The smallest absolute Gasteiger partial charge is 0.170 e. The third kappa shape index (κ3) is 3.35. The highest BCUT2D eigenvalue weighted by Crippen LogP contribution is 2.23. The number of aromatic nitrogens is 4. The van der Waals surface area contributed by atoms with Crippen molar-refractivity contribution in [3.8, 4) is 0 Å². The number of rotatable bonds is 4. The lowest BCUT2D eigenvalue weighted by atomic mass is 10.4. The number of hydrazine groups is 1. The lowest BCUT2D eigenvalue weighted by Gasteiger charge is -2.03. The molecule has 0 amide bonds. The van der Waals surface area contributed by atoms with Gasteiger partial charge in [0.25, 0.3) is 0 Å². The van der Waals surface area contributed by atoms with E-state index in [1.165, 1.54) is 11.5 Å². The third-order valence-corrected chi connectivity index (χ3v) is 3.80.